The largest absolute Gasteiger partial charge is 0.472 e. The number of carbonyl (C=O) groups is 4. The Balaban J connectivity index is 1.38. The number of carbonyl (C=O) groups excluding carboxylic acids is 3. The monoisotopic (exact) mass is 824 g/mol. The molecule has 2 saturated carbocycles. The van der Waals surface area contributed by atoms with Crippen molar-refractivity contribution < 1.29 is 50.6 Å². The molecule has 3 N–H and O–H groups in total. The number of amides is 4. The minimum absolute atomic E-state index is 0.0606. The summed E-state index contributed by atoms with van der Waals surface area (Å²) < 4.78 is 77.3. The molecule has 4 heterocycles. The molecule has 3 fully saturated rings. The SMILES string of the molecule is C[C@@H]1CCC=C[C@@H]2C[C@@]2(C(=O)NS(=O)(=O)C2(C)CC2)NC(=O)[C@@H]2C[C@@H](Oc3ccc(-c4nccs4)cn3)CN2C(=O)[C@@H](N(C(=O)O)C(C)(C)C(F)(F)F)[C@H](C)C1. The van der Waals surface area contributed by atoms with Crippen LogP contribution in [0, 0.1) is 17.8 Å². The van der Waals surface area contributed by atoms with E-state index >= 15 is 0 Å². The van der Waals surface area contributed by atoms with Crippen LogP contribution in [0.1, 0.15) is 79.6 Å². The van der Waals surface area contributed by atoms with Gasteiger partial charge in [-0.15, -0.1) is 11.3 Å². The molecule has 0 spiro atoms. The zero-order valence-electron chi connectivity index (χ0n) is 31.7. The summed E-state index contributed by atoms with van der Waals surface area (Å²) in [7, 11) is -4.10. The maximum atomic E-state index is 14.9. The molecule has 4 amide bonds. The van der Waals surface area contributed by atoms with Gasteiger partial charge in [0.25, 0.3) is 5.91 Å². The lowest BCUT2D eigenvalue weighted by molar-refractivity contribution is -0.222. The van der Waals surface area contributed by atoms with E-state index in [1.54, 1.807) is 35.9 Å². The van der Waals surface area contributed by atoms with E-state index in [0.717, 1.165) is 4.90 Å². The summed E-state index contributed by atoms with van der Waals surface area (Å²) in [5.41, 5.74) is -4.01. The molecule has 7 atom stereocenters. The summed E-state index contributed by atoms with van der Waals surface area (Å²) in [5, 5.41) is 15.6. The Morgan fingerprint density at radius 2 is 1.86 bits per heavy atom. The summed E-state index contributed by atoms with van der Waals surface area (Å²) in [6.07, 6.45) is 0.465. The summed E-state index contributed by atoms with van der Waals surface area (Å²) in [4.78, 5) is 65.8. The van der Waals surface area contributed by atoms with E-state index in [-0.39, 0.29) is 42.5 Å². The number of rotatable bonds is 8. The first-order chi connectivity index (χ1) is 26.1. The highest BCUT2D eigenvalue weighted by Gasteiger charge is 2.64. The minimum Gasteiger partial charge on any atom is -0.472 e. The molecule has 14 nitrogen and oxygen atoms in total. The second kappa shape index (κ2) is 14.9. The first-order valence-electron chi connectivity index (χ1n) is 18.6. The van der Waals surface area contributed by atoms with Gasteiger partial charge in [-0.05, 0) is 77.2 Å². The van der Waals surface area contributed by atoms with Crippen LogP contribution in [0.3, 0.4) is 0 Å². The van der Waals surface area contributed by atoms with Crippen molar-refractivity contribution in [2.24, 2.45) is 17.8 Å². The summed E-state index contributed by atoms with van der Waals surface area (Å²) in [6.45, 7) is 5.94. The number of pyridine rings is 1. The number of alkyl halides is 3. The molecule has 0 bridgehead atoms. The molecule has 1 saturated heterocycles. The number of thiazole rings is 1. The lowest BCUT2D eigenvalue weighted by Crippen LogP contribution is -2.66. The van der Waals surface area contributed by atoms with Crippen molar-refractivity contribution in [1.82, 2.24) is 29.8 Å². The van der Waals surface area contributed by atoms with Gasteiger partial charge in [0.2, 0.25) is 27.7 Å². The van der Waals surface area contributed by atoms with Crippen molar-refractivity contribution in [2.45, 2.75) is 120 Å². The van der Waals surface area contributed by atoms with Gasteiger partial charge < -0.3 is 20.1 Å². The number of hydrogen-bond donors (Lipinski definition) is 3. The van der Waals surface area contributed by atoms with Crippen LogP contribution in [0.4, 0.5) is 18.0 Å². The maximum Gasteiger partial charge on any atom is 0.411 e. The fourth-order valence-corrected chi connectivity index (χ4v) is 9.64. The van der Waals surface area contributed by atoms with Crippen molar-refractivity contribution in [2.75, 3.05) is 6.54 Å². The van der Waals surface area contributed by atoms with Crippen LogP contribution in [-0.2, 0) is 24.4 Å². The Morgan fingerprint density at radius 3 is 2.45 bits per heavy atom. The third-order valence-electron chi connectivity index (χ3n) is 11.7. The molecule has 306 valence electrons. The van der Waals surface area contributed by atoms with Gasteiger partial charge in [0.15, 0.2) is 0 Å². The number of ether oxygens (including phenoxy) is 1. The average Bonchev–Trinajstić information content (AvgIpc) is 3.86. The fraction of sp³-hybridized carbons (Fsp3) is 0.622. The van der Waals surface area contributed by atoms with Gasteiger partial charge in [0, 0.05) is 41.7 Å². The number of hydrogen-bond acceptors (Lipinski definition) is 10. The van der Waals surface area contributed by atoms with E-state index in [2.05, 4.69) is 20.0 Å². The average molecular weight is 825 g/mol. The van der Waals surface area contributed by atoms with Crippen molar-refractivity contribution in [3.8, 4) is 16.5 Å². The Hall–Kier alpha value is -4.26. The molecule has 56 heavy (non-hydrogen) atoms. The molecule has 0 radical (unpaired) electrons. The number of sulfonamides is 1. The Kier molecular flexibility index (Phi) is 11.0. The molecular weight excluding hydrogens is 778 g/mol. The molecule has 2 aliphatic carbocycles. The van der Waals surface area contributed by atoms with Gasteiger partial charge in [-0.3, -0.25) is 24.0 Å². The second-order valence-electron chi connectivity index (χ2n) is 16.3. The zero-order chi connectivity index (χ0) is 41.0. The first-order valence-corrected chi connectivity index (χ1v) is 20.9. The van der Waals surface area contributed by atoms with Crippen molar-refractivity contribution in [3.05, 3.63) is 42.1 Å². The molecule has 2 aromatic rings. The minimum atomic E-state index is -5.08. The summed E-state index contributed by atoms with van der Waals surface area (Å²) in [6, 6.07) is -0.0425. The van der Waals surface area contributed by atoms with Crippen molar-refractivity contribution in [1.29, 1.82) is 0 Å². The van der Waals surface area contributed by atoms with Crippen LogP contribution in [0.2, 0.25) is 0 Å². The van der Waals surface area contributed by atoms with E-state index in [1.165, 1.54) is 31.4 Å². The highest BCUT2D eigenvalue weighted by Crippen LogP contribution is 2.48. The number of halogens is 3. The lowest BCUT2D eigenvalue weighted by Gasteiger charge is -2.45. The summed E-state index contributed by atoms with van der Waals surface area (Å²) >= 11 is 1.40. The molecule has 0 aromatic carbocycles. The van der Waals surface area contributed by atoms with Crippen LogP contribution in [0.15, 0.2) is 42.1 Å². The highest BCUT2D eigenvalue weighted by atomic mass is 32.2. The van der Waals surface area contributed by atoms with Gasteiger partial charge in [0.05, 0.1) is 11.3 Å². The van der Waals surface area contributed by atoms with Gasteiger partial charge >= 0.3 is 12.3 Å². The number of carboxylic acid groups (broad SMARTS) is 1. The third-order valence-corrected chi connectivity index (χ3v) is 14.7. The first kappa shape index (κ1) is 41.4. The predicted molar refractivity (Wildman–Crippen MR) is 199 cm³/mol. The Bertz CT molecular complexity index is 1970. The summed E-state index contributed by atoms with van der Waals surface area (Å²) in [5.74, 6) is -4.43. The number of aromatic nitrogens is 2. The van der Waals surface area contributed by atoms with Gasteiger partial charge in [-0.1, -0.05) is 26.0 Å². The molecule has 2 aliphatic heterocycles. The van der Waals surface area contributed by atoms with E-state index in [1.807, 2.05) is 6.92 Å². The van der Waals surface area contributed by atoms with E-state index in [0.29, 0.717) is 50.1 Å². The third kappa shape index (κ3) is 7.97. The lowest BCUT2D eigenvalue weighted by atomic mass is 9.85. The topological polar surface area (TPSA) is 188 Å². The van der Waals surface area contributed by atoms with E-state index < -0.39 is 85.9 Å². The molecular formula is C37H47F3N6O8S2. The maximum absolute atomic E-state index is 14.9. The van der Waals surface area contributed by atoms with Crippen molar-refractivity contribution in [3.63, 3.8) is 0 Å². The molecule has 0 unspecified atom stereocenters. The van der Waals surface area contributed by atoms with Gasteiger partial charge in [0.1, 0.15) is 34.3 Å². The Morgan fingerprint density at radius 1 is 1.14 bits per heavy atom. The highest BCUT2D eigenvalue weighted by molar-refractivity contribution is 7.91. The van der Waals surface area contributed by atoms with Gasteiger partial charge in [-0.2, -0.15) is 13.2 Å². The van der Waals surface area contributed by atoms with Crippen LogP contribution < -0.4 is 14.8 Å². The normalized spacial score (nSPS) is 29.5. The van der Waals surface area contributed by atoms with Crippen LogP contribution in [0.25, 0.3) is 10.6 Å². The quantitative estimate of drug-likeness (QED) is 0.301. The van der Waals surface area contributed by atoms with Gasteiger partial charge in [-0.25, -0.2) is 23.2 Å². The van der Waals surface area contributed by atoms with E-state index in [4.69, 9.17) is 4.74 Å². The van der Waals surface area contributed by atoms with Crippen molar-refractivity contribution >= 4 is 45.2 Å². The zero-order valence-corrected chi connectivity index (χ0v) is 33.3. The number of allylic oxidation sites excluding steroid dienone is 1. The Labute approximate surface area is 327 Å². The van der Waals surface area contributed by atoms with Crippen LogP contribution in [-0.4, -0.2) is 104 Å². The van der Waals surface area contributed by atoms with Crippen LogP contribution >= 0.6 is 11.3 Å². The molecule has 6 rings (SSSR count). The fourth-order valence-electron chi connectivity index (χ4n) is 7.70. The predicted octanol–water partition coefficient (Wildman–Crippen LogP) is 5.13. The molecule has 19 heteroatoms. The number of nitrogens with one attached hydrogen (secondary N) is 2. The smallest absolute Gasteiger partial charge is 0.411 e. The number of fused-ring (bicyclic) bond motifs is 2. The standard InChI is InChI=1S/C37H47F3N6O8S2/c1-21-8-6-7-9-24-18-36(24,32(49)44-56(52,53)35(5)12-13-35)43-29(47)26-17-25(54-27-11-10-23(19-42-27)30-41-14-15-55-30)20-45(26)31(48)28(22(2)16-21)46(33(50)51)34(3,4)37(38,39)40/h7,9-11,14-15,19,21-22,24-26,28H,6,8,12-13,16-18,20H2,1-5H3,(H,43,47)(H,44,49)(H,50,51)/t21-,22-,24-,25-,26+,28+,36-/m1/s1. The van der Waals surface area contributed by atoms with Crippen LogP contribution in [0.5, 0.6) is 5.88 Å². The van der Waals surface area contributed by atoms with E-state index in [9.17, 15) is 45.9 Å². The molecule has 2 aromatic heterocycles. The second-order valence-corrected chi connectivity index (χ2v) is 19.4. The molecule has 4 aliphatic rings. The number of nitrogens with zero attached hydrogens (tertiary/aromatic N) is 4.